The number of phenolic OH excluding ortho intramolecular Hbond substituents is 1. The highest BCUT2D eigenvalue weighted by Crippen LogP contribution is 2.41. The summed E-state index contributed by atoms with van der Waals surface area (Å²) in [6, 6.07) is 16.0. The van der Waals surface area contributed by atoms with Crippen molar-refractivity contribution in [1.29, 1.82) is 0 Å². The molecule has 1 unspecified atom stereocenters. The number of aromatic hydroxyl groups is 1. The number of Topliss-reactive ketones (excluding diaryl/α,β-unsaturated/α-hetero) is 1. The molecule has 0 spiro atoms. The molecule has 3 aromatic carbocycles. The number of likely N-dealkylation sites (tertiary alicyclic amines) is 1. The highest BCUT2D eigenvalue weighted by atomic mass is 19.1. The summed E-state index contributed by atoms with van der Waals surface area (Å²) in [6.07, 6.45) is 0. The van der Waals surface area contributed by atoms with Gasteiger partial charge in [-0.2, -0.15) is 0 Å². The number of methoxy groups -OCH3 is 1. The molecule has 1 atom stereocenters. The normalized spacial score (nSPS) is 17.3. The van der Waals surface area contributed by atoms with Crippen molar-refractivity contribution in [3.8, 4) is 11.5 Å². The third-order valence-electron chi connectivity index (χ3n) is 6.12. The molecule has 7 heteroatoms. The van der Waals surface area contributed by atoms with E-state index in [1.807, 2.05) is 13.8 Å². The molecule has 0 bridgehead atoms. The Labute approximate surface area is 202 Å². The van der Waals surface area contributed by atoms with Crippen LogP contribution in [0.3, 0.4) is 0 Å². The van der Waals surface area contributed by atoms with Crippen LogP contribution in [0.15, 0.2) is 72.3 Å². The Morgan fingerprint density at radius 3 is 2.40 bits per heavy atom. The van der Waals surface area contributed by atoms with Crippen molar-refractivity contribution in [2.45, 2.75) is 32.4 Å². The second-order valence-electron chi connectivity index (χ2n) is 8.76. The predicted octanol–water partition coefficient (Wildman–Crippen LogP) is 5.29. The number of carbonyl (C=O) groups is 2. The van der Waals surface area contributed by atoms with Gasteiger partial charge in [0, 0.05) is 12.1 Å². The molecule has 4 rings (SSSR count). The quantitative estimate of drug-likeness (QED) is 0.288. The summed E-state index contributed by atoms with van der Waals surface area (Å²) in [5.74, 6) is -1.66. The molecule has 0 aliphatic carbocycles. The summed E-state index contributed by atoms with van der Waals surface area (Å²) in [4.78, 5) is 27.7. The molecule has 180 valence electrons. The van der Waals surface area contributed by atoms with E-state index >= 15 is 0 Å². The Balaban J connectivity index is 1.88. The zero-order chi connectivity index (χ0) is 25.3. The highest BCUT2D eigenvalue weighted by molar-refractivity contribution is 6.46. The molecule has 6 nitrogen and oxygen atoms in total. The monoisotopic (exact) mass is 475 g/mol. The topological polar surface area (TPSA) is 87.1 Å². The SMILES string of the molecule is COc1ccc(/C(O)=C2/C(=O)C(=O)N(Cc3ccc(F)cc3)C2c2cccc(O)c2)cc1C(C)C. The number of aliphatic hydroxyl groups excluding tert-OH is 1. The first-order valence-corrected chi connectivity index (χ1v) is 11.2. The maximum Gasteiger partial charge on any atom is 0.295 e. The highest BCUT2D eigenvalue weighted by Gasteiger charge is 2.46. The molecule has 1 amide bonds. The van der Waals surface area contributed by atoms with Crippen molar-refractivity contribution >= 4 is 17.4 Å². The van der Waals surface area contributed by atoms with Crippen LogP contribution in [0.4, 0.5) is 4.39 Å². The van der Waals surface area contributed by atoms with Crippen LogP contribution in [0.25, 0.3) is 5.76 Å². The summed E-state index contributed by atoms with van der Waals surface area (Å²) in [6.45, 7) is 3.98. The van der Waals surface area contributed by atoms with E-state index in [9.17, 15) is 24.2 Å². The number of hydrogen-bond acceptors (Lipinski definition) is 5. The van der Waals surface area contributed by atoms with Crippen LogP contribution in [0.5, 0.6) is 11.5 Å². The fourth-order valence-electron chi connectivity index (χ4n) is 4.36. The number of halogens is 1. The molecular weight excluding hydrogens is 449 g/mol. The van der Waals surface area contributed by atoms with E-state index in [-0.39, 0.29) is 29.5 Å². The van der Waals surface area contributed by atoms with Crippen molar-refractivity contribution < 1.29 is 28.9 Å². The second kappa shape index (κ2) is 9.62. The van der Waals surface area contributed by atoms with Crippen molar-refractivity contribution in [3.63, 3.8) is 0 Å². The maximum atomic E-state index is 13.4. The van der Waals surface area contributed by atoms with Gasteiger partial charge < -0.3 is 19.8 Å². The minimum atomic E-state index is -0.947. The number of amides is 1. The first-order chi connectivity index (χ1) is 16.7. The van der Waals surface area contributed by atoms with Crippen LogP contribution in [-0.4, -0.2) is 33.9 Å². The number of hydrogen-bond donors (Lipinski definition) is 2. The van der Waals surface area contributed by atoms with Crippen LogP contribution in [0, 0.1) is 5.82 Å². The van der Waals surface area contributed by atoms with Crippen molar-refractivity contribution in [2.24, 2.45) is 0 Å². The largest absolute Gasteiger partial charge is 0.508 e. The summed E-state index contributed by atoms with van der Waals surface area (Å²) in [7, 11) is 1.56. The number of ketones is 1. The summed E-state index contributed by atoms with van der Waals surface area (Å²) in [5.41, 5.74) is 2.21. The molecule has 1 aliphatic heterocycles. The molecule has 0 saturated carbocycles. The number of carbonyl (C=O) groups excluding carboxylic acids is 2. The lowest BCUT2D eigenvalue weighted by molar-refractivity contribution is -0.140. The number of ether oxygens (including phenoxy) is 1. The number of aliphatic hydroxyl groups is 1. The van der Waals surface area contributed by atoms with E-state index in [1.54, 1.807) is 37.4 Å². The van der Waals surface area contributed by atoms with Crippen LogP contribution >= 0.6 is 0 Å². The van der Waals surface area contributed by atoms with E-state index in [2.05, 4.69) is 0 Å². The average molecular weight is 476 g/mol. The third-order valence-corrected chi connectivity index (χ3v) is 6.12. The van der Waals surface area contributed by atoms with Crippen LogP contribution < -0.4 is 4.74 Å². The lowest BCUT2D eigenvalue weighted by Gasteiger charge is -2.25. The van der Waals surface area contributed by atoms with Gasteiger partial charge in [0.05, 0.1) is 18.7 Å². The van der Waals surface area contributed by atoms with Crippen LogP contribution in [-0.2, 0) is 16.1 Å². The van der Waals surface area contributed by atoms with Gasteiger partial charge in [-0.05, 0) is 65.1 Å². The molecule has 1 fully saturated rings. The van der Waals surface area contributed by atoms with E-state index in [1.165, 1.54) is 41.3 Å². The van der Waals surface area contributed by atoms with Gasteiger partial charge in [0.25, 0.3) is 11.7 Å². The standard InChI is InChI=1S/C28H26FNO5/c1-16(2)22-14-19(9-12-23(22)35-3)26(32)24-25(18-5-4-6-21(31)13-18)30(28(34)27(24)33)15-17-7-10-20(29)11-8-17/h4-14,16,25,31-32H,15H2,1-3H3/b26-24-. The number of phenols is 1. The second-order valence-corrected chi connectivity index (χ2v) is 8.76. The van der Waals surface area contributed by atoms with Crippen LogP contribution in [0.1, 0.15) is 48.1 Å². The first kappa shape index (κ1) is 24.0. The van der Waals surface area contributed by atoms with Gasteiger partial charge in [0.1, 0.15) is 23.1 Å². The molecule has 0 aromatic heterocycles. The minimum absolute atomic E-state index is 0.0157. The number of benzene rings is 3. The molecule has 3 aromatic rings. The molecule has 0 radical (unpaired) electrons. The smallest absolute Gasteiger partial charge is 0.295 e. The maximum absolute atomic E-state index is 13.4. The Morgan fingerprint density at radius 2 is 1.77 bits per heavy atom. The predicted molar refractivity (Wildman–Crippen MR) is 129 cm³/mol. The Bertz CT molecular complexity index is 1310. The van der Waals surface area contributed by atoms with Crippen molar-refractivity contribution in [3.05, 3.63) is 100 Å². The molecular formula is C28H26FNO5. The Kier molecular flexibility index (Phi) is 6.60. The Hall–Kier alpha value is -4.13. The zero-order valence-corrected chi connectivity index (χ0v) is 19.7. The van der Waals surface area contributed by atoms with Crippen molar-refractivity contribution in [1.82, 2.24) is 4.90 Å². The lowest BCUT2D eigenvalue weighted by atomic mass is 9.93. The minimum Gasteiger partial charge on any atom is -0.508 e. The van der Waals surface area contributed by atoms with Gasteiger partial charge in [-0.3, -0.25) is 9.59 Å². The summed E-state index contributed by atoms with van der Waals surface area (Å²) < 4.78 is 18.8. The molecule has 1 saturated heterocycles. The van der Waals surface area contributed by atoms with Gasteiger partial charge in [-0.1, -0.05) is 38.1 Å². The fraction of sp³-hybridized carbons (Fsp3) is 0.214. The van der Waals surface area contributed by atoms with Gasteiger partial charge in [0.15, 0.2) is 0 Å². The van der Waals surface area contributed by atoms with Gasteiger partial charge in [-0.25, -0.2) is 4.39 Å². The molecule has 1 aliphatic rings. The molecule has 1 heterocycles. The molecule has 2 N–H and O–H groups in total. The molecule has 35 heavy (non-hydrogen) atoms. The van der Waals surface area contributed by atoms with E-state index in [0.29, 0.717) is 22.4 Å². The van der Waals surface area contributed by atoms with Crippen molar-refractivity contribution in [2.75, 3.05) is 7.11 Å². The van der Waals surface area contributed by atoms with E-state index in [4.69, 9.17) is 4.74 Å². The van der Waals surface area contributed by atoms with E-state index < -0.39 is 23.5 Å². The van der Waals surface area contributed by atoms with Gasteiger partial charge >= 0.3 is 0 Å². The lowest BCUT2D eigenvalue weighted by Crippen LogP contribution is -2.29. The number of rotatable bonds is 6. The third kappa shape index (κ3) is 4.62. The summed E-state index contributed by atoms with van der Waals surface area (Å²) in [5, 5.41) is 21.4. The Morgan fingerprint density at radius 1 is 1.06 bits per heavy atom. The van der Waals surface area contributed by atoms with Gasteiger partial charge in [0.2, 0.25) is 0 Å². The van der Waals surface area contributed by atoms with E-state index in [0.717, 1.165) is 5.56 Å². The summed E-state index contributed by atoms with van der Waals surface area (Å²) >= 11 is 0. The zero-order valence-electron chi connectivity index (χ0n) is 19.7. The fourth-order valence-corrected chi connectivity index (χ4v) is 4.36. The van der Waals surface area contributed by atoms with Gasteiger partial charge in [-0.15, -0.1) is 0 Å². The first-order valence-electron chi connectivity index (χ1n) is 11.2. The van der Waals surface area contributed by atoms with Crippen LogP contribution in [0.2, 0.25) is 0 Å². The number of nitrogens with zero attached hydrogens (tertiary/aromatic N) is 1. The average Bonchev–Trinajstić information content (AvgIpc) is 3.09.